The van der Waals surface area contributed by atoms with Crippen LogP contribution in [0.1, 0.15) is 21.0 Å². The minimum Gasteiger partial charge on any atom is -0.504 e. The third-order valence-electron chi connectivity index (χ3n) is 5.75. The Labute approximate surface area is 180 Å². The molecule has 10 heteroatoms. The van der Waals surface area contributed by atoms with Crippen molar-refractivity contribution in [2.75, 3.05) is 26.2 Å². The molecular weight excluding hydrogens is 416 g/mol. The summed E-state index contributed by atoms with van der Waals surface area (Å²) in [5.74, 6) is -1.52. The highest BCUT2D eigenvalue weighted by atomic mass is 16.3. The summed E-state index contributed by atoms with van der Waals surface area (Å²) in [6.45, 7) is 1.38. The topological polar surface area (TPSA) is 153 Å². The van der Waals surface area contributed by atoms with Gasteiger partial charge in [-0.3, -0.25) is 9.59 Å². The number of hydrogen-bond donors (Lipinski definition) is 6. The van der Waals surface area contributed by atoms with Crippen molar-refractivity contribution in [3.05, 3.63) is 47.8 Å². The number of piperazine rings is 1. The van der Waals surface area contributed by atoms with E-state index in [1.54, 1.807) is 21.9 Å². The van der Waals surface area contributed by atoms with Crippen LogP contribution < -0.4 is 0 Å². The van der Waals surface area contributed by atoms with Crippen LogP contribution in [0, 0.1) is 0 Å². The number of fused-ring (bicyclic) bond motifs is 2. The van der Waals surface area contributed by atoms with Gasteiger partial charge in [-0.25, -0.2) is 0 Å². The lowest BCUT2D eigenvalue weighted by molar-refractivity contribution is 0.0530. The molecule has 0 saturated carbocycles. The molecule has 5 rings (SSSR count). The van der Waals surface area contributed by atoms with Gasteiger partial charge in [0.15, 0.2) is 23.0 Å². The van der Waals surface area contributed by atoms with E-state index < -0.39 is 0 Å². The summed E-state index contributed by atoms with van der Waals surface area (Å²) < 4.78 is 0. The Balaban J connectivity index is 1.28. The van der Waals surface area contributed by atoms with E-state index >= 15 is 0 Å². The van der Waals surface area contributed by atoms with Crippen LogP contribution in [0.25, 0.3) is 21.8 Å². The Hall–Kier alpha value is -4.34. The summed E-state index contributed by atoms with van der Waals surface area (Å²) in [7, 11) is 0. The van der Waals surface area contributed by atoms with Gasteiger partial charge in [-0.2, -0.15) is 0 Å². The molecular formula is C22H20N4O6. The first kappa shape index (κ1) is 19.6. The number of phenols is 4. The van der Waals surface area contributed by atoms with Crippen LogP contribution >= 0.6 is 0 Å². The molecule has 0 unspecified atom stereocenters. The van der Waals surface area contributed by atoms with Gasteiger partial charge in [-0.15, -0.1) is 0 Å². The second kappa shape index (κ2) is 7.12. The van der Waals surface area contributed by atoms with Gasteiger partial charge in [-0.1, -0.05) is 0 Å². The maximum absolute atomic E-state index is 12.9. The third-order valence-corrected chi connectivity index (χ3v) is 5.75. The Morgan fingerprint density at radius 3 is 1.31 bits per heavy atom. The van der Waals surface area contributed by atoms with Crippen molar-refractivity contribution < 1.29 is 30.0 Å². The summed E-state index contributed by atoms with van der Waals surface area (Å²) in [4.78, 5) is 34.9. The normalized spacial score (nSPS) is 14.4. The lowest BCUT2D eigenvalue weighted by Gasteiger charge is -2.34. The minimum absolute atomic E-state index is 0.233. The van der Waals surface area contributed by atoms with Crippen LogP contribution in [0.2, 0.25) is 0 Å². The summed E-state index contributed by atoms with van der Waals surface area (Å²) in [5.41, 5.74) is 1.74. The molecule has 4 aromatic rings. The molecule has 1 aliphatic heterocycles. The lowest BCUT2D eigenvalue weighted by Crippen LogP contribution is -2.50. The largest absolute Gasteiger partial charge is 0.504 e. The van der Waals surface area contributed by atoms with E-state index in [2.05, 4.69) is 9.97 Å². The average Bonchev–Trinajstić information content (AvgIpc) is 3.37. The van der Waals surface area contributed by atoms with E-state index in [0.717, 1.165) is 0 Å². The summed E-state index contributed by atoms with van der Waals surface area (Å²) in [5, 5.41) is 39.8. The maximum atomic E-state index is 12.9. The van der Waals surface area contributed by atoms with Crippen LogP contribution in [0.3, 0.4) is 0 Å². The molecule has 32 heavy (non-hydrogen) atoms. The molecule has 164 valence electrons. The Morgan fingerprint density at radius 1 is 0.594 bits per heavy atom. The van der Waals surface area contributed by atoms with Gasteiger partial charge in [0, 0.05) is 60.1 Å². The van der Waals surface area contributed by atoms with Gasteiger partial charge in [0.05, 0.1) is 0 Å². The fourth-order valence-electron chi connectivity index (χ4n) is 4.00. The summed E-state index contributed by atoms with van der Waals surface area (Å²) in [6, 6.07) is 8.71. The third kappa shape index (κ3) is 3.22. The number of aromatic amines is 2. The predicted molar refractivity (Wildman–Crippen MR) is 115 cm³/mol. The lowest BCUT2D eigenvalue weighted by atomic mass is 10.2. The van der Waals surface area contributed by atoms with Crippen LogP contribution in [-0.2, 0) is 0 Å². The van der Waals surface area contributed by atoms with Gasteiger partial charge in [0.2, 0.25) is 0 Å². The maximum Gasteiger partial charge on any atom is 0.270 e. The fourth-order valence-corrected chi connectivity index (χ4v) is 4.00. The Kier molecular flexibility index (Phi) is 4.36. The molecule has 2 amide bonds. The van der Waals surface area contributed by atoms with Gasteiger partial charge < -0.3 is 40.2 Å². The number of phenolic OH excluding ortho intramolecular Hbond substituents is 4. The van der Waals surface area contributed by atoms with E-state index in [0.29, 0.717) is 59.4 Å². The average molecular weight is 436 g/mol. The quantitative estimate of drug-likeness (QED) is 0.265. The van der Waals surface area contributed by atoms with Crippen molar-refractivity contribution in [2.45, 2.75) is 0 Å². The number of hydrogen-bond acceptors (Lipinski definition) is 6. The zero-order valence-electron chi connectivity index (χ0n) is 16.8. The molecule has 0 aliphatic carbocycles. The highest BCUT2D eigenvalue weighted by molar-refractivity contribution is 6.00. The number of aromatic hydroxyl groups is 4. The SMILES string of the molecule is O=C(c1cc2cc(O)c(O)cc2[nH]1)N1CCN(C(=O)c2cc3cc(O)c(O)cc3[nH]2)CC1. The van der Waals surface area contributed by atoms with E-state index in [4.69, 9.17) is 0 Å². The van der Waals surface area contributed by atoms with Crippen LogP contribution in [0.4, 0.5) is 0 Å². The van der Waals surface area contributed by atoms with Gasteiger partial charge >= 0.3 is 0 Å². The van der Waals surface area contributed by atoms with Gasteiger partial charge in [0.25, 0.3) is 11.8 Å². The first-order chi connectivity index (χ1) is 15.3. The van der Waals surface area contributed by atoms with E-state index in [-0.39, 0.29) is 34.8 Å². The van der Waals surface area contributed by atoms with Crippen LogP contribution in [0.15, 0.2) is 36.4 Å². The van der Waals surface area contributed by atoms with Crippen LogP contribution in [0.5, 0.6) is 23.0 Å². The number of nitrogens with one attached hydrogen (secondary N) is 2. The number of carbonyl (C=O) groups is 2. The highest BCUT2D eigenvalue weighted by Crippen LogP contribution is 2.31. The van der Waals surface area contributed by atoms with Gasteiger partial charge in [-0.05, 0) is 24.3 Å². The number of aromatic nitrogens is 2. The number of amides is 2. The van der Waals surface area contributed by atoms with E-state index in [9.17, 15) is 30.0 Å². The first-order valence-electron chi connectivity index (χ1n) is 9.98. The summed E-state index contributed by atoms with van der Waals surface area (Å²) >= 11 is 0. The first-order valence-corrected chi connectivity index (χ1v) is 9.98. The fraction of sp³-hybridized carbons (Fsp3) is 0.182. The molecule has 1 saturated heterocycles. The van der Waals surface area contributed by atoms with Crippen molar-refractivity contribution in [3.8, 4) is 23.0 Å². The second-order valence-corrected chi connectivity index (χ2v) is 7.81. The Bertz CT molecular complexity index is 1200. The van der Waals surface area contributed by atoms with Crippen molar-refractivity contribution in [3.63, 3.8) is 0 Å². The zero-order chi connectivity index (χ0) is 22.6. The molecule has 10 nitrogen and oxygen atoms in total. The Morgan fingerprint density at radius 2 is 0.938 bits per heavy atom. The van der Waals surface area contributed by atoms with E-state index in [1.165, 1.54) is 24.3 Å². The molecule has 0 bridgehead atoms. The number of H-pyrrole nitrogens is 2. The van der Waals surface area contributed by atoms with Crippen LogP contribution in [-0.4, -0.2) is 78.2 Å². The van der Waals surface area contributed by atoms with Crippen molar-refractivity contribution in [1.29, 1.82) is 0 Å². The molecule has 1 aliphatic rings. The molecule has 0 radical (unpaired) electrons. The molecule has 0 spiro atoms. The standard InChI is InChI=1S/C22H20N4O6/c27-17-7-11-5-15(23-13(11)9-19(17)29)21(31)25-1-2-26(4-3-25)22(32)16-6-12-8-18(28)20(30)10-14(12)24-16/h5-10,23-24,27-30H,1-4H2. The zero-order valence-corrected chi connectivity index (χ0v) is 16.8. The van der Waals surface area contributed by atoms with Crippen molar-refractivity contribution >= 4 is 33.6 Å². The van der Waals surface area contributed by atoms with Gasteiger partial charge in [0.1, 0.15) is 11.4 Å². The molecule has 2 aromatic heterocycles. The summed E-state index contributed by atoms with van der Waals surface area (Å²) in [6.07, 6.45) is 0. The monoisotopic (exact) mass is 436 g/mol. The minimum atomic E-state index is -0.270. The number of rotatable bonds is 2. The number of benzene rings is 2. The molecule has 0 atom stereocenters. The second-order valence-electron chi connectivity index (χ2n) is 7.81. The predicted octanol–water partition coefficient (Wildman–Crippen LogP) is 2.07. The van der Waals surface area contributed by atoms with Crippen molar-refractivity contribution in [1.82, 2.24) is 19.8 Å². The number of carbonyl (C=O) groups excluding carboxylic acids is 2. The molecule has 2 aromatic carbocycles. The number of nitrogens with zero attached hydrogens (tertiary/aromatic N) is 2. The molecule has 1 fully saturated rings. The highest BCUT2D eigenvalue weighted by Gasteiger charge is 2.27. The molecule has 3 heterocycles. The van der Waals surface area contributed by atoms with E-state index in [1.807, 2.05) is 0 Å². The molecule has 6 N–H and O–H groups in total. The van der Waals surface area contributed by atoms with Crippen molar-refractivity contribution in [2.24, 2.45) is 0 Å². The smallest absolute Gasteiger partial charge is 0.270 e.